The normalized spacial score (nSPS) is 10.9. The van der Waals surface area contributed by atoms with Crippen molar-refractivity contribution in [1.29, 1.82) is 0 Å². The van der Waals surface area contributed by atoms with Crippen molar-refractivity contribution < 1.29 is 22.7 Å². The first kappa shape index (κ1) is 20.0. The zero-order valence-electron chi connectivity index (χ0n) is 13.7. The van der Waals surface area contributed by atoms with Crippen LogP contribution in [0.25, 0.3) is 0 Å². The highest BCUT2D eigenvalue weighted by Crippen LogP contribution is 2.25. The minimum absolute atomic E-state index is 0.0540. The molecule has 0 unspecified atom stereocenters. The Kier molecular flexibility index (Phi) is 6.12. The summed E-state index contributed by atoms with van der Waals surface area (Å²) in [4.78, 5) is 24.0. The van der Waals surface area contributed by atoms with Gasteiger partial charge in [-0.25, -0.2) is 13.2 Å². The predicted octanol–water partition coefficient (Wildman–Crippen LogP) is 3.40. The number of nitrogens with one attached hydrogen (secondary N) is 2. The zero-order chi connectivity index (χ0) is 19.5. The molecule has 0 aliphatic carbocycles. The highest BCUT2D eigenvalue weighted by molar-refractivity contribution is 7.92. The van der Waals surface area contributed by atoms with Crippen molar-refractivity contribution in [2.45, 2.75) is 0 Å². The van der Waals surface area contributed by atoms with Crippen LogP contribution in [0.15, 0.2) is 36.4 Å². The van der Waals surface area contributed by atoms with Crippen LogP contribution in [-0.4, -0.2) is 33.7 Å². The summed E-state index contributed by atoms with van der Waals surface area (Å²) in [6.45, 7) is 0. The lowest BCUT2D eigenvalue weighted by atomic mass is 10.1. The maximum Gasteiger partial charge on any atom is 0.339 e. The quantitative estimate of drug-likeness (QED) is 0.727. The first-order valence-electron chi connectivity index (χ1n) is 7.07. The van der Waals surface area contributed by atoms with E-state index in [2.05, 4.69) is 14.8 Å². The van der Waals surface area contributed by atoms with Gasteiger partial charge in [0.05, 0.1) is 34.5 Å². The first-order valence-corrected chi connectivity index (χ1v) is 9.72. The average molecular weight is 417 g/mol. The van der Waals surface area contributed by atoms with Gasteiger partial charge in [-0.05, 0) is 36.4 Å². The monoisotopic (exact) mass is 416 g/mol. The van der Waals surface area contributed by atoms with E-state index in [1.54, 1.807) is 0 Å². The van der Waals surface area contributed by atoms with E-state index < -0.39 is 21.9 Å². The Labute approximate surface area is 160 Å². The van der Waals surface area contributed by atoms with Crippen LogP contribution in [-0.2, 0) is 14.8 Å². The number of rotatable bonds is 5. The van der Waals surface area contributed by atoms with E-state index in [1.807, 2.05) is 0 Å². The Bertz CT molecular complexity index is 977. The summed E-state index contributed by atoms with van der Waals surface area (Å²) >= 11 is 12.0. The summed E-state index contributed by atoms with van der Waals surface area (Å²) in [5.74, 6) is -1.18. The second kappa shape index (κ2) is 7.94. The van der Waals surface area contributed by atoms with E-state index in [1.165, 1.54) is 43.5 Å². The molecular weight excluding hydrogens is 403 g/mol. The lowest BCUT2D eigenvalue weighted by Crippen LogP contribution is -2.14. The van der Waals surface area contributed by atoms with Gasteiger partial charge in [0, 0.05) is 11.4 Å². The fraction of sp³-hybridized carbons (Fsp3) is 0.125. The molecule has 0 aliphatic rings. The van der Waals surface area contributed by atoms with Gasteiger partial charge in [0.1, 0.15) is 0 Å². The maximum atomic E-state index is 12.4. The van der Waals surface area contributed by atoms with Gasteiger partial charge < -0.3 is 10.1 Å². The number of amides is 1. The molecule has 2 aromatic rings. The standard InChI is InChI=1S/C16H14Cl2N2O5S/c1-25-16(22)12-7-9(4-6-13(12)17)19-15(21)11-5-3-10(8-14(11)18)20-26(2,23)24/h3-8,20H,1-2H3,(H,19,21). The lowest BCUT2D eigenvalue weighted by molar-refractivity contribution is 0.0600. The lowest BCUT2D eigenvalue weighted by Gasteiger charge is -2.10. The molecule has 2 rings (SSSR count). The van der Waals surface area contributed by atoms with Crippen LogP contribution in [0.4, 0.5) is 11.4 Å². The van der Waals surface area contributed by atoms with Crippen molar-refractivity contribution >= 4 is 56.5 Å². The summed E-state index contributed by atoms with van der Waals surface area (Å²) in [5, 5.41) is 2.82. The number of benzene rings is 2. The number of hydrogen-bond acceptors (Lipinski definition) is 5. The molecule has 26 heavy (non-hydrogen) atoms. The largest absolute Gasteiger partial charge is 0.465 e. The molecule has 138 valence electrons. The Morgan fingerprint density at radius 2 is 1.62 bits per heavy atom. The molecular formula is C16H14Cl2N2O5S. The second-order valence-corrected chi connectivity index (χ2v) is 7.77. The number of carbonyl (C=O) groups excluding carboxylic acids is 2. The molecule has 0 saturated heterocycles. The van der Waals surface area contributed by atoms with Gasteiger partial charge in [0.2, 0.25) is 10.0 Å². The fourth-order valence-corrected chi connectivity index (χ4v) is 3.06. The van der Waals surface area contributed by atoms with E-state index in [0.29, 0.717) is 5.69 Å². The van der Waals surface area contributed by atoms with Gasteiger partial charge in [-0.1, -0.05) is 23.2 Å². The van der Waals surface area contributed by atoms with E-state index in [0.717, 1.165) is 6.26 Å². The fourth-order valence-electron chi connectivity index (χ4n) is 2.04. The molecule has 7 nitrogen and oxygen atoms in total. The molecule has 0 spiro atoms. The van der Waals surface area contributed by atoms with Gasteiger partial charge >= 0.3 is 5.97 Å². The molecule has 0 heterocycles. The molecule has 10 heteroatoms. The number of halogens is 2. The highest BCUT2D eigenvalue weighted by Gasteiger charge is 2.15. The van der Waals surface area contributed by atoms with E-state index in [-0.39, 0.29) is 26.9 Å². The Hall–Kier alpha value is -2.29. The third kappa shape index (κ3) is 5.10. The van der Waals surface area contributed by atoms with Gasteiger partial charge in [0.25, 0.3) is 5.91 Å². The molecule has 0 fully saturated rings. The Balaban J connectivity index is 2.24. The number of sulfonamides is 1. The minimum Gasteiger partial charge on any atom is -0.465 e. The minimum atomic E-state index is -3.46. The topological polar surface area (TPSA) is 102 Å². The summed E-state index contributed by atoms with van der Waals surface area (Å²) in [6.07, 6.45) is 1.00. The second-order valence-electron chi connectivity index (χ2n) is 5.21. The molecule has 0 aliphatic heterocycles. The number of esters is 1. The SMILES string of the molecule is COC(=O)c1cc(NC(=O)c2ccc(NS(C)(=O)=O)cc2Cl)ccc1Cl. The predicted molar refractivity (Wildman–Crippen MR) is 101 cm³/mol. The Morgan fingerprint density at radius 1 is 0.962 bits per heavy atom. The number of anilines is 2. The zero-order valence-corrected chi connectivity index (χ0v) is 16.0. The van der Waals surface area contributed by atoms with Gasteiger partial charge in [-0.15, -0.1) is 0 Å². The average Bonchev–Trinajstić information content (AvgIpc) is 2.54. The van der Waals surface area contributed by atoms with E-state index in [9.17, 15) is 18.0 Å². The van der Waals surface area contributed by atoms with Crippen LogP contribution in [0, 0.1) is 0 Å². The van der Waals surface area contributed by atoms with Crippen molar-refractivity contribution in [2.24, 2.45) is 0 Å². The molecule has 2 N–H and O–H groups in total. The van der Waals surface area contributed by atoms with Crippen LogP contribution >= 0.6 is 23.2 Å². The van der Waals surface area contributed by atoms with Crippen molar-refractivity contribution in [3.8, 4) is 0 Å². The van der Waals surface area contributed by atoms with Crippen LogP contribution in [0.2, 0.25) is 10.0 Å². The van der Waals surface area contributed by atoms with Gasteiger partial charge in [0.15, 0.2) is 0 Å². The van der Waals surface area contributed by atoms with Gasteiger partial charge in [-0.3, -0.25) is 9.52 Å². The van der Waals surface area contributed by atoms with E-state index in [4.69, 9.17) is 23.2 Å². The summed E-state index contributed by atoms with van der Waals surface area (Å²) in [6, 6.07) is 8.44. The summed E-state index contributed by atoms with van der Waals surface area (Å²) in [5.41, 5.74) is 0.772. The third-order valence-corrected chi connectivity index (χ3v) is 4.40. The van der Waals surface area contributed by atoms with Crippen LogP contribution in [0.3, 0.4) is 0 Å². The Morgan fingerprint density at radius 3 is 2.19 bits per heavy atom. The van der Waals surface area contributed by atoms with Crippen molar-refractivity contribution in [1.82, 2.24) is 0 Å². The maximum absolute atomic E-state index is 12.4. The molecule has 0 saturated carbocycles. The van der Waals surface area contributed by atoms with Crippen LogP contribution < -0.4 is 10.0 Å². The smallest absolute Gasteiger partial charge is 0.339 e. The first-order chi connectivity index (χ1) is 12.1. The molecule has 2 aromatic carbocycles. The molecule has 0 aromatic heterocycles. The molecule has 1 amide bonds. The number of hydrogen-bond donors (Lipinski definition) is 2. The summed E-state index contributed by atoms with van der Waals surface area (Å²) < 4.78 is 29.3. The molecule has 0 bridgehead atoms. The van der Waals surface area contributed by atoms with Gasteiger partial charge in [-0.2, -0.15) is 0 Å². The molecule has 0 atom stereocenters. The van der Waals surface area contributed by atoms with Crippen LogP contribution in [0.5, 0.6) is 0 Å². The molecule has 0 radical (unpaired) electrons. The number of carbonyl (C=O) groups is 2. The number of ether oxygens (including phenoxy) is 1. The van der Waals surface area contributed by atoms with Crippen LogP contribution in [0.1, 0.15) is 20.7 Å². The van der Waals surface area contributed by atoms with Crippen molar-refractivity contribution in [3.63, 3.8) is 0 Å². The van der Waals surface area contributed by atoms with Crippen molar-refractivity contribution in [3.05, 3.63) is 57.6 Å². The van der Waals surface area contributed by atoms with E-state index >= 15 is 0 Å². The summed E-state index contributed by atoms with van der Waals surface area (Å²) in [7, 11) is -2.24. The number of methoxy groups -OCH3 is 1. The highest BCUT2D eigenvalue weighted by atomic mass is 35.5. The van der Waals surface area contributed by atoms with Crippen molar-refractivity contribution in [2.75, 3.05) is 23.4 Å². The third-order valence-electron chi connectivity index (χ3n) is 3.15.